The summed E-state index contributed by atoms with van der Waals surface area (Å²) in [5, 5.41) is 2.08. The normalized spacial score (nSPS) is 10.7. The number of nitrogens with zero attached hydrogens (tertiary/aromatic N) is 3. The Morgan fingerprint density at radius 1 is 1.22 bits per heavy atom. The highest BCUT2D eigenvalue weighted by Crippen LogP contribution is 2.21. The molecule has 0 aliphatic heterocycles. The molecule has 0 atom stereocenters. The van der Waals surface area contributed by atoms with E-state index >= 15 is 0 Å². The second-order valence-electron chi connectivity index (χ2n) is 3.96. The molecule has 4 nitrogen and oxygen atoms in total. The lowest BCUT2D eigenvalue weighted by Gasteiger charge is -2.06. The highest BCUT2D eigenvalue weighted by atomic mass is 32.1. The van der Waals surface area contributed by atoms with Crippen LogP contribution in [0.5, 0.6) is 0 Å². The van der Waals surface area contributed by atoms with Gasteiger partial charge in [0.2, 0.25) is 0 Å². The van der Waals surface area contributed by atoms with Gasteiger partial charge < -0.3 is 10.3 Å². The summed E-state index contributed by atoms with van der Waals surface area (Å²) in [7, 11) is 0. The number of anilines is 1. The van der Waals surface area contributed by atoms with Crippen molar-refractivity contribution in [2.24, 2.45) is 0 Å². The minimum Gasteiger partial charge on any atom is -0.384 e. The van der Waals surface area contributed by atoms with Gasteiger partial charge in [-0.3, -0.25) is 0 Å². The number of nitrogens with two attached hydrogens (primary N) is 1. The van der Waals surface area contributed by atoms with Crippen molar-refractivity contribution in [1.82, 2.24) is 14.5 Å². The van der Waals surface area contributed by atoms with E-state index in [2.05, 4.69) is 32.0 Å². The monoisotopic (exact) mass is 256 g/mol. The van der Waals surface area contributed by atoms with Crippen LogP contribution in [0, 0.1) is 0 Å². The summed E-state index contributed by atoms with van der Waals surface area (Å²) >= 11 is 1.74. The van der Waals surface area contributed by atoms with E-state index in [0.717, 1.165) is 17.8 Å². The van der Waals surface area contributed by atoms with E-state index in [1.165, 1.54) is 4.88 Å². The van der Waals surface area contributed by atoms with Gasteiger partial charge in [-0.1, -0.05) is 6.07 Å². The number of pyridine rings is 1. The second kappa shape index (κ2) is 4.62. The van der Waals surface area contributed by atoms with Gasteiger partial charge in [-0.05, 0) is 23.6 Å². The molecule has 0 unspecified atom stereocenters. The molecular weight excluding hydrogens is 244 g/mol. The third-order valence-electron chi connectivity index (χ3n) is 2.70. The van der Waals surface area contributed by atoms with Gasteiger partial charge in [0.1, 0.15) is 5.82 Å². The third-order valence-corrected chi connectivity index (χ3v) is 3.56. The molecule has 0 bridgehead atoms. The second-order valence-corrected chi connectivity index (χ2v) is 4.99. The van der Waals surface area contributed by atoms with Gasteiger partial charge in [-0.15, -0.1) is 11.3 Å². The maximum absolute atomic E-state index is 5.60. The number of imidazole rings is 1. The SMILES string of the molecule is Nc1ccc(-c2cncn2Cc2cccs2)cn1. The molecule has 0 amide bonds. The number of nitrogen functional groups attached to an aromatic ring is 1. The Kier molecular flexibility index (Phi) is 2.82. The van der Waals surface area contributed by atoms with Crippen LogP contribution in [0.4, 0.5) is 5.82 Å². The van der Waals surface area contributed by atoms with Crippen LogP contribution >= 0.6 is 11.3 Å². The summed E-state index contributed by atoms with van der Waals surface area (Å²) in [6, 6.07) is 7.94. The highest BCUT2D eigenvalue weighted by molar-refractivity contribution is 7.09. The van der Waals surface area contributed by atoms with Gasteiger partial charge in [0.25, 0.3) is 0 Å². The van der Waals surface area contributed by atoms with Crippen molar-refractivity contribution in [2.75, 3.05) is 5.73 Å². The average molecular weight is 256 g/mol. The van der Waals surface area contributed by atoms with Crippen LogP contribution in [0.2, 0.25) is 0 Å². The fraction of sp³-hybridized carbons (Fsp3) is 0.0769. The van der Waals surface area contributed by atoms with Gasteiger partial charge in [0, 0.05) is 16.6 Å². The summed E-state index contributed by atoms with van der Waals surface area (Å²) < 4.78 is 2.11. The van der Waals surface area contributed by atoms with Gasteiger partial charge in [0.15, 0.2) is 0 Å². The zero-order valence-electron chi connectivity index (χ0n) is 9.65. The lowest BCUT2D eigenvalue weighted by atomic mass is 10.2. The fourth-order valence-electron chi connectivity index (χ4n) is 1.81. The van der Waals surface area contributed by atoms with E-state index in [0.29, 0.717) is 5.82 Å². The first kappa shape index (κ1) is 11.0. The number of hydrogen-bond acceptors (Lipinski definition) is 4. The zero-order valence-corrected chi connectivity index (χ0v) is 10.5. The highest BCUT2D eigenvalue weighted by Gasteiger charge is 2.06. The minimum absolute atomic E-state index is 0.531. The average Bonchev–Trinajstić information content (AvgIpc) is 3.02. The molecule has 0 spiro atoms. The Bertz CT molecular complexity index is 625. The first-order chi connectivity index (χ1) is 8.83. The molecule has 18 heavy (non-hydrogen) atoms. The largest absolute Gasteiger partial charge is 0.384 e. The lowest BCUT2D eigenvalue weighted by molar-refractivity contribution is 0.817. The number of aromatic nitrogens is 3. The molecule has 0 saturated carbocycles. The summed E-state index contributed by atoms with van der Waals surface area (Å²) in [6.07, 6.45) is 5.46. The van der Waals surface area contributed by atoms with Crippen LogP contribution < -0.4 is 5.73 Å². The Hall–Kier alpha value is -2.14. The van der Waals surface area contributed by atoms with Crippen molar-refractivity contribution in [2.45, 2.75) is 6.54 Å². The minimum atomic E-state index is 0.531. The van der Waals surface area contributed by atoms with Crippen LogP contribution in [0.15, 0.2) is 48.4 Å². The Balaban J connectivity index is 1.94. The molecule has 0 radical (unpaired) electrons. The fourth-order valence-corrected chi connectivity index (χ4v) is 2.52. The van der Waals surface area contributed by atoms with Crippen LogP contribution in [-0.4, -0.2) is 14.5 Å². The maximum atomic E-state index is 5.60. The summed E-state index contributed by atoms with van der Waals surface area (Å²) in [4.78, 5) is 9.63. The van der Waals surface area contributed by atoms with Crippen LogP contribution in [-0.2, 0) is 6.54 Å². The summed E-state index contributed by atoms with van der Waals surface area (Å²) in [5.41, 5.74) is 7.67. The standard InChI is InChI=1S/C13H12N4S/c14-13-4-3-10(6-16-13)12-7-15-9-17(12)8-11-2-1-5-18-11/h1-7,9H,8H2,(H2,14,16). The van der Waals surface area contributed by atoms with Crippen molar-refractivity contribution < 1.29 is 0 Å². The molecule has 0 fully saturated rings. The van der Waals surface area contributed by atoms with Crippen molar-refractivity contribution in [1.29, 1.82) is 0 Å². The first-order valence-electron chi connectivity index (χ1n) is 5.57. The lowest BCUT2D eigenvalue weighted by Crippen LogP contribution is -1.99. The molecule has 2 N–H and O–H groups in total. The topological polar surface area (TPSA) is 56.7 Å². The van der Waals surface area contributed by atoms with E-state index in [1.807, 2.05) is 18.6 Å². The van der Waals surface area contributed by atoms with Crippen LogP contribution in [0.3, 0.4) is 0 Å². The molecule has 0 aliphatic rings. The molecule has 3 rings (SSSR count). The summed E-state index contributed by atoms with van der Waals surface area (Å²) in [6.45, 7) is 0.831. The van der Waals surface area contributed by atoms with E-state index in [9.17, 15) is 0 Å². The molecule has 0 aliphatic carbocycles. The van der Waals surface area contributed by atoms with Crippen LogP contribution in [0.25, 0.3) is 11.3 Å². The quantitative estimate of drug-likeness (QED) is 0.783. The molecule has 0 aromatic carbocycles. The van der Waals surface area contributed by atoms with Gasteiger partial charge in [-0.2, -0.15) is 0 Å². The molecule has 5 heteroatoms. The van der Waals surface area contributed by atoms with E-state index < -0.39 is 0 Å². The summed E-state index contributed by atoms with van der Waals surface area (Å²) in [5.74, 6) is 0.531. The van der Waals surface area contributed by atoms with Crippen molar-refractivity contribution in [3.05, 3.63) is 53.2 Å². The molecule has 0 saturated heterocycles. The Morgan fingerprint density at radius 3 is 2.89 bits per heavy atom. The predicted molar refractivity (Wildman–Crippen MR) is 73.3 cm³/mol. The Labute approximate surface area is 109 Å². The zero-order chi connectivity index (χ0) is 12.4. The number of thiophene rings is 1. The van der Waals surface area contributed by atoms with Crippen molar-refractivity contribution in [3.63, 3.8) is 0 Å². The third kappa shape index (κ3) is 2.12. The molecule has 3 aromatic rings. The first-order valence-corrected chi connectivity index (χ1v) is 6.45. The molecule has 3 aromatic heterocycles. The molecule has 90 valence electrons. The maximum Gasteiger partial charge on any atom is 0.123 e. The van der Waals surface area contributed by atoms with E-state index in [4.69, 9.17) is 5.73 Å². The van der Waals surface area contributed by atoms with Gasteiger partial charge >= 0.3 is 0 Å². The number of hydrogen-bond donors (Lipinski definition) is 1. The van der Waals surface area contributed by atoms with Gasteiger partial charge in [0.05, 0.1) is 24.8 Å². The van der Waals surface area contributed by atoms with Crippen molar-refractivity contribution in [3.8, 4) is 11.3 Å². The van der Waals surface area contributed by atoms with E-state index in [-0.39, 0.29) is 0 Å². The van der Waals surface area contributed by atoms with E-state index in [1.54, 1.807) is 23.6 Å². The number of rotatable bonds is 3. The molecule has 3 heterocycles. The Morgan fingerprint density at radius 2 is 2.17 bits per heavy atom. The predicted octanol–water partition coefficient (Wildman–Crippen LogP) is 2.64. The smallest absolute Gasteiger partial charge is 0.123 e. The molecular formula is C13H12N4S. The van der Waals surface area contributed by atoms with Crippen LogP contribution in [0.1, 0.15) is 4.88 Å². The van der Waals surface area contributed by atoms with Gasteiger partial charge in [-0.25, -0.2) is 9.97 Å². The van der Waals surface area contributed by atoms with Crippen molar-refractivity contribution >= 4 is 17.2 Å².